The molecule has 15 heavy (non-hydrogen) atoms. The Labute approximate surface area is 91.1 Å². The van der Waals surface area contributed by atoms with Crippen molar-refractivity contribution >= 4 is 29.4 Å². The predicted octanol–water partition coefficient (Wildman–Crippen LogP) is -0.0666. The van der Waals surface area contributed by atoms with Gasteiger partial charge in [0.15, 0.2) is 11.5 Å². The van der Waals surface area contributed by atoms with Crippen molar-refractivity contribution < 1.29 is 9.59 Å². The summed E-state index contributed by atoms with van der Waals surface area (Å²) in [6.45, 7) is 0.0303. The summed E-state index contributed by atoms with van der Waals surface area (Å²) in [6.07, 6.45) is 1.30. The molecule has 1 aromatic rings. The zero-order valence-electron chi connectivity index (χ0n) is 8.27. The van der Waals surface area contributed by atoms with Gasteiger partial charge in [-0.3, -0.25) is 14.5 Å². The summed E-state index contributed by atoms with van der Waals surface area (Å²) in [6, 6.07) is 0. The SMILES string of the molecule is CN1CC(=O)N(C)c2ncn(Cl)c2C1=O. The zero-order valence-corrected chi connectivity index (χ0v) is 9.02. The largest absolute Gasteiger partial charge is 0.331 e. The first kappa shape index (κ1) is 9.97. The number of aromatic nitrogens is 2. The molecule has 0 atom stereocenters. The van der Waals surface area contributed by atoms with Crippen LogP contribution in [0.15, 0.2) is 6.33 Å². The van der Waals surface area contributed by atoms with Gasteiger partial charge in [-0.15, -0.1) is 0 Å². The minimum Gasteiger partial charge on any atom is -0.331 e. The molecular weight excluding hydrogens is 220 g/mol. The Morgan fingerprint density at radius 1 is 1.40 bits per heavy atom. The molecule has 0 spiro atoms. The van der Waals surface area contributed by atoms with Crippen LogP contribution in [-0.4, -0.2) is 46.4 Å². The van der Waals surface area contributed by atoms with Crippen LogP contribution in [0.4, 0.5) is 5.82 Å². The monoisotopic (exact) mass is 228 g/mol. The second-order valence-electron chi connectivity index (χ2n) is 3.34. The predicted molar refractivity (Wildman–Crippen MR) is 53.8 cm³/mol. The molecular formula is C8H9ClN4O2. The number of amides is 2. The lowest BCUT2D eigenvalue weighted by molar-refractivity contribution is -0.118. The molecule has 0 fully saturated rings. The van der Waals surface area contributed by atoms with Crippen molar-refractivity contribution in [3.8, 4) is 0 Å². The van der Waals surface area contributed by atoms with Crippen LogP contribution in [0.1, 0.15) is 10.5 Å². The molecule has 1 aliphatic heterocycles. The minimum atomic E-state index is -0.310. The van der Waals surface area contributed by atoms with Crippen molar-refractivity contribution in [2.24, 2.45) is 0 Å². The molecule has 2 rings (SSSR count). The first-order chi connectivity index (χ1) is 7.02. The molecule has 1 aromatic heterocycles. The number of carbonyl (C=O) groups is 2. The summed E-state index contributed by atoms with van der Waals surface area (Å²) in [5.74, 6) is -0.209. The molecule has 80 valence electrons. The number of carbonyl (C=O) groups excluding carboxylic acids is 2. The number of nitrogens with zero attached hydrogens (tertiary/aromatic N) is 4. The Bertz CT molecular complexity index is 442. The maximum Gasteiger partial charge on any atom is 0.275 e. The maximum atomic E-state index is 11.8. The quantitative estimate of drug-likeness (QED) is 0.625. The van der Waals surface area contributed by atoms with Crippen LogP contribution >= 0.6 is 11.8 Å². The number of anilines is 1. The number of hydrogen-bond donors (Lipinski definition) is 0. The van der Waals surface area contributed by atoms with Gasteiger partial charge in [-0.05, 0) is 0 Å². The minimum absolute atomic E-state index is 0.0303. The summed E-state index contributed by atoms with van der Waals surface area (Å²) in [7, 11) is 3.12. The normalized spacial score (nSPS) is 16.7. The highest BCUT2D eigenvalue weighted by molar-refractivity contribution is 6.20. The Morgan fingerprint density at radius 2 is 2.07 bits per heavy atom. The van der Waals surface area contributed by atoms with Gasteiger partial charge in [0.05, 0.1) is 0 Å². The molecule has 0 saturated carbocycles. The first-order valence-corrected chi connectivity index (χ1v) is 4.61. The zero-order chi connectivity index (χ0) is 11.2. The van der Waals surface area contributed by atoms with Gasteiger partial charge in [0.2, 0.25) is 5.91 Å². The Morgan fingerprint density at radius 3 is 2.73 bits per heavy atom. The van der Waals surface area contributed by atoms with E-state index in [-0.39, 0.29) is 24.1 Å². The fraction of sp³-hybridized carbons (Fsp3) is 0.375. The van der Waals surface area contributed by atoms with E-state index in [4.69, 9.17) is 11.8 Å². The van der Waals surface area contributed by atoms with Crippen molar-refractivity contribution in [2.45, 2.75) is 0 Å². The van der Waals surface area contributed by atoms with Crippen molar-refractivity contribution in [1.29, 1.82) is 0 Å². The Balaban J connectivity index is 2.61. The van der Waals surface area contributed by atoms with Crippen LogP contribution in [0.5, 0.6) is 0 Å². The van der Waals surface area contributed by atoms with Gasteiger partial charge in [0, 0.05) is 25.9 Å². The fourth-order valence-electron chi connectivity index (χ4n) is 1.43. The van der Waals surface area contributed by atoms with Gasteiger partial charge in [-0.25, -0.2) is 9.07 Å². The van der Waals surface area contributed by atoms with E-state index < -0.39 is 0 Å². The Hall–Kier alpha value is -1.56. The molecule has 1 aliphatic rings. The van der Waals surface area contributed by atoms with E-state index in [2.05, 4.69) is 4.98 Å². The fourth-order valence-corrected chi connectivity index (χ4v) is 1.62. The number of likely N-dealkylation sites (N-methyl/N-ethyl adjacent to an activating group) is 2. The van der Waals surface area contributed by atoms with E-state index in [9.17, 15) is 9.59 Å². The van der Waals surface area contributed by atoms with Crippen molar-refractivity contribution in [3.05, 3.63) is 12.0 Å². The summed E-state index contributed by atoms with van der Waals surface area (Å²) in [5.41, 5.74) is 0.215. The van der Waals surface area contributed by atoms with Gasteiger partial charge >= 0.3 is 0 Å². The molecule has 0 N–H and O–H groups in total. The molecule has 2 amide bonds. The van der Waals surface area contributed by atoms with Crippen LogP contribution in [0.2, 0.25) is 0 Å². The topological polar surface area (TPSA) is 58.4 Å². The highest BCUT2D eigenvalue weighted by Gasteiger charge is 2.31. The van der Waals surface area contributed by atoms with E-state index in [1.165, 1.54) is 16.1 Å². The van der Waals surface area contributed by atoms with Crippen LogP contribution in [0.3, 0.4) is 0 Å². The van der Waals surface area contributed by atoms with E-state index >= 15 is 0 Å². The number of hydrogen-bond acceptors (Lipinski definition) is 3. The second-order valence-corrected chi connectivity index (χ2v) is 3.71. The molecule has 0 unspecified atom stereocenters. The van der Waals surface area contributed by atoms with Gasteiger partial charge in [-0.1, -0.05) is 0 Å². The van der Waals surface area contributed by atoms with Gasteiger partial charge in [-0.2, -0.15) is 0 Å². The number of halogens is 1. The van der Waals surface area contributed by atoms with Crippen molar-refractivity contribution in [3.63, 3.8) is 0 Å². The van der Waals surface area contributed by atoms with E-state index in [1.54, 1.807) is 14.1 Å². The van der Waals surface area contributed by atoms with Crippen LogP contribution < -0.4 is 4.90 Å². The van der Waals surface area contributed by atoms with E-state index in [0.717, 1.165) is 4.09 Å². The third-order valence-corrected chi connectivity index (χ3v) is 2.58. The molecule has 6 nitrogen and oxygen atoms in total. The van der Waals surface area contributed by atoms with Crippen LogP contribution in [0.25, 0.3) is 0 Å². The highest BCUT2D eigenvalue weighted by Crippen LogP contribution is 2.22. The molecule has 0 radical (unpaired) electrons. The van der Waals surface area contributed by atoms with E-state index in [1.807, 2.05) is 0 Å². The lowest BCUT2D eigenvalue weighted by Crippen LogP contribution is -2.35. The Kier molecular flexibility index (Phi) is 2.15. The average Bonchev–Trinajstić information content (AvgIpc) is 2.54. The number of imidazole rings is 1. The van der Waals surface area contributed by atoms with Crippen LogP contribution in [0, 0.1) is 0 Å². The standard InChI is InChI=1S/C8H9ClN4O2/c1-11-3-5(14)12(2)7-6(8(11)15)13(9)4-10-7/h4H,3H2,1-2H3. The average molecular weight is 229 g/mol. The lowest BCUT2D eigenvalue weighted by Gasteiger charge is -2.13. The van der Waals surface area contributed by atoms with Gasteiger partial charge in [0.25, 0.3) is 5.91 Å². The van der Waals surface area contributed by atoms with Crippen molar-refractivity contribution in [2.75, 3.05) is 25.5 Å². The summed E-state index contributed by atoms with van der Waals surface area (Å²) >= 11 is 5.77. The van der Waals surface area contributed by atoms with Crippen LogP contribution in [-0.2, 0) is 4.79 Å². The summed E-state index contributed by atoms with van der Waals surface area (Å²) in [4.78, 5) is 30.0. The van der Waals surface area contributed by atoms with Gasteiger partial charge < -0.3 is 4.90 Å². The molecule has 0 bridgehead atoms. The molecule has 0 saturated heterocycles. The molecule has 0 aliphatic carbocycles. The highest BCUT2D eigenvalue weighted by atomic mass is 35.5. The smallest absolute Gasteiger partial charge is 0.275 e. The molecule has 0 aromatic carbocycles. The first-order valence-electron chi connectivity index (χ1n) is 4.28. The summed E-state index contributed by atoms with van der Waals surface area (Å²) in [5, 5.41) is 0. The van der Waals surface area contributed by atoms with Gasteiger partial charge in [0.1, 0.15) is 12.9 Å². The molecule has 7 heteroatoms. The third kappa shape index (κ3) is 1.37. The second kappa shape index (κ2) is 3.23. The van der Waals surface area contributed by atoms with E-state index in [0.29, 0.717) is 5.82 Å². The summed E-state index contributed by atoms with van der Waals surface area (Å²) < 4.78 is 1.10. The lowest BCUT2D eigenvalue weighted by atomic mass is 10.4. The maximum absolute atomic E-state index is 11.8. The number of rotatable bonds is 0. The third-order valence-electron chi connectivity index (χ3n) is 2.32. The number of fused-ring (bicyclic) bond motifs is 1. The molecule has 2 heterocycles. The van der Waals surface area contributed by atoms with Crippen molar-refractivity contribution in [1.82, 2.24) is 14.0 Å².